The highest BCUT2D eigenvalue weighted by molar-refractivity contribution is 5.91. The number of amides is 2. The average Bonchev–Trinajstić information content (AvgIpc) is 3.13. The van der Waals surface area contributed by atoms with E-state index in [0.29, 0.717) is 6.54 Å². The molecule has 0 saturated carbocycles. The minimum atomic E-state index is -0.197. The van der Waals surface area contributed by atoms with E-state index in [0.717, 1.165) is 37.2 Å². The number of carbonyl (C=O) groups excluding carboxylic acids is 2. The smallest absolute Gasteiger partial charge is 0.241 e. The van der Waals surface area contributed by atoms with Crippen molar-refractivity contribution < 1.29 is 9.59 Å². The Kier molecular flexibility index (Phi) is 3.58. The molecule has 1 unspecified atom stereocenters. The number of likely N-dealkylation sites (tertiary alicyclic amines) is 1. The number of anilines is 1. The molecule has 20 heavy (non-hydrogen) atoms. The number of benzene rings is 1. The SMILES string of the molecule is O=C(NCC(=O)N1CCCC1)C1CNc2ccccc21. The molecule has 2 amide bonds. The van der Waals surface area contributed by atoms with Gasteiger partial charge in [-0.1, -0.05) is 18.2 Å². The van der Waals surface area contributed by atoms with Crippen LogP contribution in [-0.2, 0) is 9.59 Å². The van der Waals surface area contributed by atoms with Crippen LogP contribution in [0.25, 0.3) is 0 Å². The number of hydrogen-bond donors (Lipinski definition) is 2. The summed E-state index contributed by atoms with van der Waals surface area (Å²) in [5.41, 5.74) is 2.03. The number of rotatable bonds is 3. The molecule has 2 aliphatic heterocycles. The topological polar surface area (TPSA) is 61.4 Å². The number of fused-ring (bicyclic) bond motifs is 1. The van der Waals surface area contributed by atoms with E-state index in [1.165, 1.54) is 0 Å². The molecule has 5 nitrogen and oxygen atoms in total. The molecule has 0 aliphatic carbocycles. The summed E-state index contributed by atoms with van der Waals surface area (Å²) in [5.74, 6) is -0.248. The van der Waals surface area contributed by atoms with Crippen LogP contribution < -0.4 is 10.6 Å². The predicted molar refractivity (Wildman–Crippen MR) is 76.5 cm³/mol. The van der Waals surface area contributed by atoms with Crippen LogP contribution in [0.2, 0.25) is 0 Å². The summed E-state index contributed by atoms with van der Waals surface area (Å²) in [7, 11) is 0. The Hall–Kier alpha value is -2.04. The fourth-order valence-corrected chi connectivity index (χ4v) is 2.88. The highest BCUT2D eigenvalue weighted by Gasteiger charge is 2.28. The molecule has 1 aromatic carbocycles. The summed E-state index contributed by atoms with van der Waals surface area (Å²) in [6.45, 7) is 2.35. The maximum absolute atomic E-state index is 12.2. The van der Waals surface area contributed by atoms with Gasteiger partial charge in [-0.3, -0.25) is 9.59 Å². The van der Waals surface area contributed by atoms with Crippen molar-refractivity contribution in [3.8, 4) is 0 Å². The first-order chi connectivity index (χ1) is 9.75. The van der Waals surface area contributed by atoms with Crippen LogP contribution in [0.15, 0.2) is 24.3 Å². The summed E-state index contributed by atoms with van der Waals surface area (Å²) in [6, 6.07) is 7.81. The van der Waals surface area contributed by atoms with Crippen molar-refractivity contribution in [2.24, 2.45) is 0 Å². The fraction of sp³-hybridized carbons (Fsp3) is 0.467. The molecule has 0 radical (unpaired) electrons. The first-order valence-electron chi connectivity index (χ1n) is 7.14. The molecule has 1 saturated heterocycles. The van der Waals surface area contributed by atoms with Gasteiger partial charge in [-0.2, -0.15) is 0 Å². The zero-order chi connectivity index (χ0) is 13.9. The normalized spacial score (nSPS) is 20.4. The van der Waals surface area contributed by atoms with E-state index < -0.39 is 0 Å². The molecule has 1 atom stereocenters. The molecule has 0 aromatic heterocycles. The lowest BCUT2D eigenvalue weighted by molar-refractivity contribution is -0.132. The predicted octanol–water partition coefficient (Wildman–Crippen LogP) is 0.934. The van der Waals surface area contributed by atoms with E-state index in [1.807, 2.05) is 29.2 Å². The van der Waals surface area contributed by atoms with Crippen LogP contribution in [0.4, 0.5) is 5.69 Å². The number of hydrogen-bond acceptors (Lipinski definition) is 3. The third kappa shape index (κ3) is 2.48. The van der Waals surface area contributed by atoms with Crippen molar-refractivity contribution in [3.05, 3.63) is 29.8 Å². The molecular formula is C15H19N3O2. The third-order valence-corrected chi connectivity index (χ3v) is 4.02. The largest absolute Gasteiger partial charge is 0.384 e. The standard InChI is InChI=1S/C15H19N3O2/c19-14(18-7-3-4-8-18)10-17-15(20)12-9-16-13-6-2-1-5-11(12)13/h1-2,5-6,12,16H,3-4,7-10H2,(H,17,20). The van der Waals surface area contributed by atoms with Crippen LogP contribution in [0.3, 0.4) is 0 Å². The van der Waals surface area contributed by atoms with Gasteiger partial charge in [-0.25, -0.2) is 0 Å². The minimum absolute atomic E-state index is 0.0232. The summed E-state index contributed by atoms with van der Waals surface area (Å²) in [5, 5.41) is 5.99. The van der Waals surface area contributed by atoms with Gasteiger partial charge in [-0.05, 0) is 24.5 Å². The van der Waals surface area contributed by atoms with Crippen LogP contribution in [-0.4, -0.2) is 42.9 Å². The van der Waals surface area contributed by atoms with E-state index in [1.54, 1.807) is 0 Å². The Balaban J connectivity index is 1.56. The third-order valence-electron chi connectivity index (χ3n) is 4.02. The Labute approximate surface area is 118 Å². The lowest BCUT2D eigenvalue weighted by Gasteiger charge is -2.16. The monoisotopic (exact) mass is 273 g/mol. The molecule has 0 bridgehead atoms. The number of para-hydroxylation sites is 1. The minimum Gasteiger partial charge on any atom is -0.384 e. The quantitative estimate of drug-likeness (QED) is 0.861. The zero-order valence-corrected chi connectivity index (χ0v) is 11.4. The van der Waals surface area contributed by atoms with Crippen molar-refractivity contribution >= 4 is 17.5 Å². The highest BCUT2D eigenvalue weighted by atomic mass is 16.2. The van der Waals surface area contributed by atoms with Gasteiger partial charge in [0.05, 0.1) is 12.5 Å². The van der Waals surface area contributed by atoms with Crippen molar-refractivity contribution in [1.82, 2.24) is 10.2 Å². The van der Waals surface area contributed by atoms with Gasteiger partial charge in [0.2, 0.25) is 11.8 Å². The number of nitrogens with zero attached hydrogens (tertiary/aromatic N) is 1. The van der Waals surface area contributed by atoms with Crippen LogP contribution >= 0.6 is 0 Å². The van der Waals surface area contributed by atoms with Gasteiger partial charge >= 0.3 is 0 Å². The molecule has 0 spiro atoms. The van der Waals surface area contributed by atoms with Crippen LogP contribution in [0.1, 0.15) is 24.3 Å². The highest BCUT2D eigenvalue weighted by Crippen LogP contribution is 2.30. The molecule has 1 aromatic rings. The van der Waals surface area contributed by atoms with Crippen molar-refractivity contribution in [2.45, 2.75) is 18.8 Å². The van der Waals surface area contributed by atoms with Gasteiger partial charge in [0.1, 0.15) is 0 Å². The summed E-state index contributed by atoms with van der Waals surface area (Å²) in [4.78, 5) is 25.9. The Morgan fingerprint density at radius 1 is 1.25 bits per heavy atom. The second kappa shape index (κ2) is 5.53. The van der Waals surface area contributed by atoms with Gasteiger partial charge in [-0.15, -0.1) is 0 Å². The molecular weight excluding hydrogens is 254 g/mol. The maximum Gasteiger partial charge on any atom is 0.241 e. The van der Waals surface area contributed by atoms with E-state index >= 15 is 0 Å². The summed E-state index contributed by atoms with van der Waals surface area (Å²) < 4.78 is 0. The Morgan fingerprint density at radius 2 is 2.00 bits per heavy atom. The Morgan fingerprint density at radius 3 is 2.80 bits per heavy atom. The Bertz CT molecular complexity index is 524. The number of nitrogens with one attached hydrogen (secondary N) is 2. The van der Waals surface area contributed by atoms with E-state index in [-0.39, 0.29) is 24.3 Å². The maximum atomic E-state index is 12.2. The molecule has 2 aliphatic rings. The summed E-state index contributed by atoms with van der Waals surface area (Å²) >= 11 is 0. The average molecular weight is 273 g/mol. The second-order valence-electron chi connectivity index (χ2n) is 5.33. The van der Waals surface area contributed by atoms with E-state index in [9.17, 15) is 9.59 Å². The molecule has 106 valence electrons. The van der Waals surface area contributed by atoms with Gasteiger partial charge < -0.3 is 15.5 Å². The van der Waals surface area contributed by atoms with Crippen molar-refractivity contribution in [3.63, 3.8) is 0 Å². The lowest BCUT2D eigenvalue weighted by Crippen LogP contribution is -2.40. The lowest BCUT2D eigenvalue weighted by atomic mass is 10.0. The fourth-order valence-electron chi connectivity index (χ4n) is 2.88. The van der Waals surface area contributed by atoms with Crippen LogP contribution in [0, 0.1) is 0 Å². The first kappa shape index (κ1) is 13.0. The second-order valence-corrected chi connectivity index (χ2v) is 5.33. The first-order valence-corrected chi connectivity index (χ1v) is 7.14. The summed E-state index contributed by atoms with van der Waals surface area (Å²) in [6.07, 6.45) is 2.14. The molecule has 2 N–H and O–H groups in total. The number of carbonyl (C=O) groups is 2. The van der Waals surface area contributed by atoms with Gasteiger partial charge in [0.15, 0.2) is 0 Å². The zero-order valence-electron chi connectivity index (χ0n) is 11.4. The van der Waals surface area contributed by atoms with Gasteiger partial charge in [0, 0.05) is 25.3 Å². The van der Waals surface area contributed by atoms with Crippen LogP contribution in [0.5, 0.6) is 0 Å². The molecule has 2 heterocycles. The van der Waals surface area contributed by atoms with E-state index in [2.05, 4.69) is 10.6 Å². The van der Waals surface area contributed by atoms with Gasteiger partial charge in [0.25, 0.3) is 0 Å². The molecule has 1 fully saturated rings. The van der Waals surface area contributed by atoms with Crippen molar-refractivity contribution in [1.29, 1.82) is 0 Å². The molecule has 5 heteroatoms. The molecule has 3 rings (SSSR count). The van der Waals surface area contributed by atoms with Crippen molar-refractivity contribution in [2.75, 3.05) is 31.5 Å². The van der Waals surface area contributed by atoms with E-state index in [4.69, 9.17) is 0 Å².